The number of imide groups is 1. The summed E-state index contributed by atoms with van der Waals surface area (Å²) in [5, 5.41) is 8.74. The van der Waals surface area contributed by atoms with Crippen molar-refractivity contribution >= 4 is 23.6 Å². The van der Waals surface area contributed by atoms with Crippen LogP contribution in [0.1, 0.15) is 20.3 Å². The summed E-state index contributed by atoms with van der Waals surface area (Å²) in [5.41, 5.74) is 0. The number of amidine groups is 2. The van der Waals surface area contributed by atoms with Crippen LogP contribution in [0.4, 0.5) is 4.79 Å². The van der Waals surface area contributed by atoms with Gasteiger partial charge in [0.2, 0.25) is 0 Å². The van der Waals surface area contributed by atoms with Crippen molar-refractivity contribution in [3.63, 3.8) is 0 Å². The van der Waals surface area contributed by atoms with E-state index in [0.717, 1.165) is 10.7 Å². The molecule has 2 aliphatic heterocycles. The molecular weight excluding hydrogens is 246 g/mol. The van der Waals surface area contributed by atoms with Crippen molar-refractivity contribution in [3.05, 3.63) is 0 Å². The second-order valence-corrected chi connectivity index (χ2v) is 4.35. The predicted molar refractivity (Wildman–Crippen MR) is 67.8 cm³/mol. The van der Waals surface area contributed by atoms with Crippen molar-refractivity contribution in [2.45, 2.75) is 26.3 Å². The van der Waals surface area contributed by atoms with Crippen LogP contribution in [-0.4, -0.2) is 64.2 Å². The monoisotopic (exact) mass is 262 g/mol. The third kappa shape index (κ3) is 1.80. The van der Waals surface area contributed by atoms with Gasteiger partial charge in [-0.3, -0.25) is 9.69 Å². The maximum atomic E-state index is 12.4. The Morgan fingerprint density at radius 3 is 2.63 bits per heavy atom. The number of nitrogens with zero attached hydrogens (tertiary/aromatic N) is 5. The lowest BCUT2D eigenvalue weighted by atomic mass is 10.1. The Morgan fingerprint density at radius 2 is 2.11 bits per heavy atom. The molecule has 2 rings (SSSR count). The van der Waals surface area contributed by atoms with Crippen LogP contribution in [-0.2, 0) is 4.79 Å². The van der Waals surface area contributed by atoms with Crippen molar-refractivity contribution in [1.82, 2.24) is 9.80 Å². The Labute approximate surface area is 111 Å². The molecule has 2 heterocycles. The van der Waals surface area contributed by atoms with E-state index in [4.69, 9.17) is 5.26 Å². The van der Waals surface area contributed by atoms with Crippen molar-refractivity contribution in [3.8, 4) is 6.07 Å². The van der Waals surface area contributed by atoms with Gasteiger partial charge in [-0.1, -0.05) is 6.92 Å². The highest BCUT2D eigenvalue weighted by molar-refractivity contribution is 6.23. The Kier molecular flexibility index (Phi) is 3.34. The topological polar surface area (TPSA) is 79.8 Å². The Morgan fingerprint density at radius 1 is 1.42 bits per heavy atom. The summed E-state index contributed by atoms with van der Waals surface area (Å²) in [6.45, 7) is 4.30. The normalized spacial score (nSPS) is 22.6. The van der Waals surface area contributed by atoms with E-state index in [2.05, 4.69) is 4.99 Å². The Bertz CT molecular complexity index is 543. The van der Waals surface area contributed by atoms with E-state index in [0.29, 0.717) is 18.8 Å². The molecule has 0 saturated carbocycles. The molecule has 1 unspecified atom stereocenters. The fraction of sp³-hybridized carbons (Fsp3) is 0.583. The number of aliphatic imine (C=N–C) groups is 1. The van der Waals surface area contributed by atoms with Crippen LogP contribution in [0.3, 0.4) is 0 Å². The molecule has 1 saturated heterocycles. The van der Waals surface area contributed by atoms with E-state index < -0.39 is 12.1 Å². The molecule has 7 nitrogen and oxygen atoms in total. The SMILES string of the molecule is CCC1=[N+](CC)C2C(=O)N(CC#N)C(=O)N(C)C2=N1. The molecule has 0 spiro atoms. The second-order valence-electron chi connectivity index (χ2n) is 4.35. The first-order chi connectivity index (χ1) is 9.06. The number of carbonyl (C=O) groups excluding carboxylic acids is 2. The van der Waals surface area contributed by atoms with E-state index in [1.54, 1.807) is 7.05 Å². The van der Waals surface area contributed by atoms with E-state index in [9.17, 15) is 9.59 Å². The lowest BCUT2D eigenvalue weighted by molar-refractivity contribution is -0.532. The quantitative estimate of drug-likeness (QED) is 0.531. The van der Waals surface area contributed by atoms with Crippen LogP contribution in [0.25, 0.3) is 0 Å². The van der Waals surface area contributed by atoms with E-state index >= 15 is 0 Å². The summed E-state index contributed by atoms with van der Waals surface area (Å²) >= 11 is 0. The molecule has 0 aromatic rings. The van der Waals surface area contributed by atoms with Crippen molar-refractivity contribution in [1.29, 1.82) is 5.26 Å². The zero-order chi connectivity index (χ0) is 14.2. The van der Waals surface area contributed by atoms with Gasteiger partial charge in [0.05, 0.1) is 19.0 Å². The molecule has 19 heavy (non-hydrogen) atoms. The van der Waals surface area contributed by atoms with Gasteiger partial charge in [0.1, 0.15) is 6.54 Å². The van der Waals surface area contributed by atoms with Gasteiger partial charge in [0.25, 0.3) is 23.6 Å². The van der Waals surface area contributed by atoms with Gasteiger partial charge in [0, 0.05) is 7.05 Å². The number of amides is 3. The number of hydrogen-bond acceptors (Lipinski definition) is 4. The zero-order valence-electron chi connectivity index (χ0n) is 11.3. The molecular formula is C12H16N5O2+. The maximum Gasteiger partial charge on any atom is 0.334 e. The van der Waals surface area contributed by atoms with E-state index in [-0.39, 0.29) is 12.5 Å². The molecule has 0 bridgehead atoms. The van der Waals surface area contributed by atoms with Crippen LogP contribution in [0, 0.1) is 11.3 Å². The summed E-state index contributed by atoms with van der Waals surface area (Å²) < 4.78 is 1.88. The van der Waals surface area contributed by atoms with Gasteiger partial charge in [-0.15, -0.1) is 0 Å². The van der Waals surface area contributed by atoms with Crippen LogP contribution in [0.15, 0.2) is 4.99 Å². The molecule has 100 valence electrons. The minimum absolute atomic E-state index is 0.231. The Hall–Kier alpha value is -2.23. The van der Waals surface area contributed by atoms with Gasteiger partial charge < -0.3 is 0 Å². The molecule has 3 amide bonds. The number of likely N-dealkylation sites (N-methyl/N-ethyl adjacent to an activating group) is 2. The third-order valence-corrected chi connectivity index (χ3v) is 3.38. The van der Waals surface area contributed by atoms with Crippen LogP contribution >= 0.6 is 0 Å². The number of carbonyl (C=O) groups is 2. The van der Waals surface area contributed by atoms with Gasteiger partial charge in [-0.25, -0.2) is 14.3 Å². The maximum absolute atomic E-state index is 12.4. The third-order valence-electron chi connectivity index (χ3n) is 3.38. The summed E-state index contributed by atoms with van der Waals surface area (Å²) in [5.74, 6) is 0.894. The molecule has 0 aromatic carbocycles. The average Bonchev–Trinajstić information content (AvgIpc) is 2.79. The highest BCUT2D eigenvalue weighted by atomic mass is 16.2. The van der Waals surface area contributed by atoms with Gasteiger partial charge >= 0.3 is 6.03 Å². The number of nitriles is 1. The second kappa shape index (κ2) is 4.80. The first kappa shape index (κ1) is 13.2. The molecule has 1 fully saturated rings. The summed E-state index contributed by atoms with van der Waals surface area (Å²) in [4.78, 5) is 31.1. The van der Waals surface area contributed by atoms with Crippen molar-refractivity contribution in [2.24, 2.45) is 4.99 Å². The molecule has 7 heteroatoms. The van der Waals surface area contributed by atoms with E-state index in [1.807, 2.05) is 24.5 Å². The minimum Gasteiger partial charge on any atom is -0.269 e. The van der Waals surface area contributed by atoms with Crippen LogP contribution < -0.4 is 0 Å². The van der Waals surface area contributed by atoms with Gasteiger partial charge in [-0.2, -0.15) is 5.26 Å². The number of hydrogen-bond donors (Lipinski definition) is 0. The molecule has 0 aliphatic carbocycles. The molecule has 1 atom stereocenters. The van der Waals surface area contributed by atoms with Crippen molar-refractivity contribution in [2.75, 3.05) is 20.1 Å². The largest absolute Gasteiger partial charge is 0.334 e. The Balaban J connectivity index is 2.46. The molecule has 0 aromatic heterocycles. The van der Waals surface area contributed by atoms with Crippen molar-refractivity contribution < 1.29 is 14.2 Å². The average molecular weight is 262 g/mol. The summed E-state index contributed by atoms with van der Waals surface area (Å²) in [7, 11) is 1.58. The first-order valence-corrected chi connectivity index (χ1v) is 6.23. The first-order valence-electron chi connectivity index (χ1n) is 6.23. The number of fused-ring (bicyclic) bond motifs is 1. The minimum atomic E-state index is -0.573. The van der Waals surface area contributed by atoms with E-state index in [1.165, 1.54) is 4.90 Å². The molecule has 0 radical (unpaired) electrons. The highest BCUT2D eigenvalue weighted by Crippen LogP contribution is 2.20. The molecule has 2 aliphatic rings. The number of urea groups is 1. The standard InChI is InChI=1S/C12H16N5O2/c1-4-8-14-10-9(16(8)5-2)11(18)17(7-6-13)12(19)15(10)3/h9H,4-5,7H2,1-3H3/q+1. The van der Waals surface area contributed by atoms with Crippen LogP contribution in [0.2, 0.25) is 0 Å². The molecule has 0 N–H and O–H groups in total. The van der Waals surface area contributed by atoms with Gasteiger partial charge in [0.15, 0.2) is 0 Å². The van der Waals surface area contributed by atoms with Crippen LogP contribution in [0.5, 0.6) is 0 Å². The lowest BCUT2D eigenvalue weighted by Crippen LogP contribution is -2.62. The fourth-order valence-corrected chi connectivity index (χ4v) is 2.43. The summed E-state index contributed by atoms with van der Waals surface area (Å²) in [6, 6.07) is 0.785. The fourth-order valence-electron chi connectivity index (χ4n) is 2.43. The lowest BCUT2D eigenvalue weighted by Gasteiger charge is -2.31. The highest BCUT2D eigenvalue weighted by Gasteiger charge is 2.53. The van der Waals surface area contributed by atoms with Gasteiger partial charge in [-0.05, 0) is 11.9 Å². The summed E-state index contributed by atoms with van der Waals surface area (Å²) in [6.07, 6.45) is 0.696. The predicted octanol–water partition coefficient (Wildman–Crippen LogP) is 0.0256. The zero-order valence-corrected chi connectivity index (χ0v) is 11.3. The number of rotatable bonds is 3. The smallest absolute Gasteiger partial charge is 0.269 e.